The molecule has 3 rings (SSSR count). The second-order valence-electron chi connectivity index (χ2n) is 4.99. The minimum Gasteiger partial charge on any atom is -0.494 e. The fourth-order valence-corrected chi connectivity index (χ4v) is 2.79. The number of benzene rings is 1. The van der Waals surface area contributed by atoms with Crippen molar-refractivity contribution in [3.63, 3.8) is 0 Å². The first-order valence-corrected chi connectivity index (χ1v) is 7.24. The molecule has 0 bridgehead atoms. The number of imidazole rings is 1. The van der Waals surface area contributed by atoms with Gasteiger partial charge in [-0.1, -0.05) is 6.07 Å². The van der Waals surface area contributed by atoms with E-state index in [2.05, 4.69) is 14.6 Å². The Morgan fingerprint density at radius 3 is 2.76 bits per heavy atom. The van der Waals surface area contributed by atoms with E-state index >= 15 is 0 Å². The van der Waals surface area contributed by atoms with Crippen LogP contribution in [0.4, 0.5) is 0 Å². The number of ether oxygens (including phenoxy) is 1. The molecule has 0 aliphatic rings. The molecule has 0 aliphatic heterocycles. The van der Waals surface area contributed by atoms with E-state index in [1.54, 1.807) is 7.11 Å². The number of methoxy groups -OCH3 is 1. The number of hydrogen-bond acceptors (Lipinski definition) is 3. The maximum Gasteiger partial charge on any atom is 0.146 e. The summed E-state index contributed by atoms with van der Waals surface area (Å²) >= 11 is 6.07. The van der Waals surface area contributed by atoms with Gasteiger partial charge in [0.15, 0.2) is 0 Å². The molecule has 0 aliphatic carbocycles. The topological polar surface area (TPSA) is 44.9 Å². The molecule has 1 aromatic carbocycles. The van der Waals surface area contributed by atoms with Gasteiger partial charge in [-0.25, -0.2) is 4.98 Å². The largest absolute Gasteiger partial charge is 0.494 e. The van der Waals surface area contributed by atoms with E-state index in [0.717, 1.165) is 33.9 Å². The molecule has 0 radical (unpaired) electrons. The van der Waals surface area contributed by atoms with Crippen LogP contribution in [0.15, 0.2) is 24.4 Å². The van der Waals surface area contributed by atoms with Crippen LogP contribution >= 0.6 is 11.6 Å². The quantitative estimate of drug-likeness (QED) is 0.696. The van der Waals surface area contributed by atoms with Crippen LogP contribution in [-0.2, 0) is 19.5 Å². The third-order valence-electron chi connectivity index (χ3n) is 3.60. The monoisotopic (exact) mass is 304 g/mol. The molecule has 6 heteroatoms. The maximum atomic E-state index is 6.07. The molecule has 5 nitrogen and oxygen atoms in total. The highest BCUT2D eigenvalue weighted by atomic mass is 35.5. The van der Waals surface area contributed by atoms with Crippen molar-refractivity contribution in [3.05, 3.63) is 41.5 Å². The number of aromatic nitrogens is 4. The Balaban J connectivity index is 2.14. The van der Waals surface area contributed by atoms with Gasteiger partial charge in [-0.3, -0.25) is 4.68 Å². The lowest BCUT2D eigenvalue weighted by Gasteiger charge is -2.07. The van der Waals surface area contributed by atoms with Gasteiger partial charge in [0.25, 0.3) is 0 Å². The number of rotatable bonds is 4. The third kappa shape index (κ3) is 2.38. The Kier molecular flexibility index (Phi) is 3.59. The van der Waals surface area contributed by atoms with Gasteiger partial charge >= 0.3 is 0 Å². The van der Waals surface area contributed by atoms with Crippen molar-refractivity contribution in [3.8, 4) is 5.75 Å². The Bertz CT molecular complexity index is 790. The summed E-state index contributed by atoms with van der Waals surface area (Å²) in [6.45, 7) is 2.71. The SMILES string of the molecule is COc1cccc2c1nc(CCl)n2Cc1cn(C)nc1C. The number of halogens is 1. The summed E-state index contributed by atoms with van der Waals surface area (Å²) in [5.74, 6) is 1.96. The molecule has 2 heterocycles. The highest BCUT2D eigenvalue weighted by Crippen LogP contribution is 2.27. The van der Waals surface area contributed by atoms with Crippen LogP contribution in [0, 0.1) is 6.92 Å². The van der Waals surface area contributed by atoms with Crippen LogP contribution in [0.2, 0.25) is 0 Å². The number of aryl methyl sites for hydroxylation is 2. The van der Waals surface area contributed by atoms with Crippen LogP contribution in [0.5, 0.6) is 5.75 Å². The molecule has 2 aromatic heterocycles. The predicted octanol–water partition coefficient (Wildman–Crippen LogP) is 2.87. The van der Waals surface area contributed by atoms with Crippen LogP contribution in [0.3, 0.4) is 0 Å². The predicted molar refractivity (Wildman–Crippen MR) is 82.9 cm³/mol. The smallest absolute Gasteiger partial charge is 0.146 e. The van der Waals surface area contributed by atoms with E-state index in [1.807, 2.05) is 43.0 Å². The van der Waals surface area contributed by atoms with Gasteiger partial charge in [0.1, 0.15) is 17.1 Å². The van der Waals surface area contributed by atoms with E-state index in [1.165, 1.54) is 0 Å². The summed E-state index contributed by atoms with van der Waals surface area (Å²) in [6, 6.07) is 5.91. The number of para-hydroxylation sites is 1. The Morgan fingerprint density at radius 2 is 2.14 bits per heavy atom. The average Bonchev–Trinajstić information content (AvgIpc) is 2.99. The van der Waals surface area contributed by atoms with Crippen LogP contribution in [0.25, 0.3) is 11.0 Å². The summed E-state index contributed by atoms with van der Waals surface area (Å²) in [5.41, 5.74) is 4.04. The summed E-state index contributed by atoms with van der Waals surface area (Å²) in [4.78, 5) is 4.61. The fraction of sp³-hybridized carbons (Fsp3) is 0.333. The first-order chi connectivity index (χ1) is 10.1. The van der Waals surface area contributed by atoms with Crippen molar-refractivity contribution < 1.29 is 4.74 Å². The van der Waals surface area contributed by atoms with E-state index in [0.29, 0.717) is 12.4 Å². The first-order valence-electron chi connectivity index (χ1n) is 6.71. The van der Waals surface area contributed by atoms with E-state index in [9.17, 15) is 0 Å². The molecule has 3 aromatic rings. The zero-order valence-electron chi connectivity index (χ0n) is 12.3. The number of hydrogen-bond donors (Lipinski definition) is 0. The summed E-state index contributed by atoms with van der Waals surface area (Å²) in [7, 11) is 3.58. The van der Waals surface area contributed by atoms with Gasteiger partial charge < -0.3 is 9.30 Å². The van der Waals surface area contributed by atoms with Crippen LogP contribution < -0.4 is 4.74 Å². The van der Waals surface area contributed by atoms with Gasteiger partial charge in [-0.2, -0.15) is 5.10 Å². The molecule has 0 fully saturated rings. The van der Waals surface area contributed by atoms with Crippen LogP contribution in [-0.4, -0.2) is 26.4 Å². The van der Waals surface area contributed by atoms with E-state index < -0.39 is 0 Å². The lowest BCUT2D eigenvalue weighted by molar-refractivity contribution is 0.419. The van der Waals surface area contributed by atoms with Gasteiger partial charge in [0.2, 0.25) is 0 Å². The first kappa shape index (κ1) is 13.9. The lowest BCUT2D eigenvalue weighted by atomic mass is 10.2. The van der Waals surface area contributed by atoms with E-state index in [-0.39, 0.29) is 0 Å². The zero-order valence-corrected chi connectivity index (χ0v) is 13.1. The molecule has 0 atom stereocenters. The van der Waals surface area contributed by atoms with Gasteiger partial charge in [-0.15, -0.1) is 11.6 Å². The van der Waals surface area contributed by atoms with Gasteiger partial charge in [0, 0.05) is 18.8 Å². The summed E-state index contributed by atoms with van der Waals surface area (Å²) in [5, 5.41) is 4.39. The Hall–Kier alpha value is -2.01. The summed E-state index contributed by atoms with van der Waals surface area (Å²) < 4.78 is 9.33. The molecule has 0 amide bonds. The van der Waals surface area contributed by atoms with Gasteiger partial charge in [-0.05, 0) is 19.1 Å². The number of nitrogens with zero attached hydrogens (tertiary/aromatic N) is 4. The molecule has 21 heavy (non-hydrogen) atoms. The molecule has 0 N–H and O–H groups in total. The third-order valence-corrected chi connectivity index (χ3v) is 3.84. The van der Waals surface area contributed by atoms with Crippen molar-refractivity contribution in [1.29, 1.82) is 0 Å². The normalized spacial score (nSPS) is 11.2. The molecule has 0 spiro atoms. The molecule has 0 saturated heterocycles. The second-order valence-corrected chi connectivity index (χ2v) is 5.26. The molecule has 0 unspecified atom stereocenters. The zero-order chi connectivity index (χ0) is 15.0. The Morgan fingerprint density at radius 1 is 1.33 bits per heavy atom. The van der Waals surface area contributed by atoms with E-state index in [4.69, 9.17) is 16.3 Å². The Labute approximate surface area is 128 Å². The number of fused-ring (bicyclic) bond motifs is 1. The fourth-order valence-electron chi connectivity index (χ4n) is 2.59. The molecular formula is C15H17ClN4O. The number of alkyl halides is 1. The molecular weight excluding hydrogens is 288 g/mol. The van der Waals surface area contributed by atoms with Crippen molar-refractivity contribution in [2.24, 2.45) is 7.05 Å². The average molecular weight is 305 g/mol. The maximum absolute atomic E-state index is 6.07. The highest BCUT2D eigenvalue weighted by Gasteiger charge is 2.15. The second kappa shape index (κ2) is 5.41. The van der Waals surface area contributed by atoms with Crippen molar-refractivity contribution in [2.75, 3.05) is 7.11 Å². The molecule has 110 valence electrons. The summed E-state index contributed by atoms with van der Waals surface area (Å²) in [6.07, 6.45) is 2.03. The van der Waals surface area contributed by atoms with Crippen molar-refractivity contribution >= 4 is 22.6 Å². The minimum absolute atomic E-state index is 0.358. The minimum atomic E-state index is 0.358. The van der Waals surface area contributed by atoms with Crippen molar-refractivity contribution in [2.45, 2.75) is 19.3 Å². The van der Waals surface area contributed by atoms with Gasteiger partial charge in [0.05, 0.1) is 30.7 Å². The van der Waals surface area contributed by atoms with Crippen molar-refractivity contribution in [1.82, 2.24) is 19.3 Å². The lowest BCUT2D eigenvalue weighted by Crippen LogP contribution is -2.04. The standard InChI is InChI=1S/C15H17ClN4O/c1-10-11(8-19(2)18-10)9-20-12-5-4-6-13(21-3)15(12)17-14(20)7-16/h4-6,8H,7,9H2,1-3H3. The highest BCUT2D eigenvalue weighted by molar-refractivity contribution is 6.16. The molecule has 0 saturated carbocycles. The van der Waals surface area contributed by atoms with Crippen LogP contribution in [0.1, 0.15) is 17.1 Å².